The number of nitrogens with one attached hydrogen (secondary N) is 1. The van der Waals surface area contributed by atoms with Gasteiger partial charge in [-0.05, 0) is 43.9 Å². The molecule has 0 saturated carbocycles. The molecule has 1 aromatic rings. The van der Waals surface area contributed by atoms with E-state index in [0.29, 0.717) is 0 Å². The third-order valence-corrected chi connectivity index (χ3v) is 2.85. The van der Waals surface area contributed by atoms with Crippen molar-refractivity contribution in [3.63, 3.8) is 0 Å². The Morgan fingerprint density at radius 1 is 1.21 bits per heavy atom. The molecule has 1 aliphatic rings. The molecule has 1 aromatic carbocycles. The fourth-order valence-electron chi connectivity index (χ4n) is 1.92. The lowest BCUT2D eigenvalue weighted by Gasteiger charge is -2.15. The highest BCUT2D eigenvalue weighted by Gasteiger charge is 2.14. The van der Waals surface area contributed by atoms with Crippen molar-refractivity contribution in [1.82, 2.24) is 0 Å². The topological polar surface area (TPSA) is 21.3 Å². The second kappa shape index (κ2) is 3.52. The third-order valence-electron chi connectivity index (χ3n) is 2.85. The van der Waals surface area contributed by atoms with Gasteiger partial charge in [0.2, 0.25) is 0 Å². The Morgan fingerprint density at radius 2 is 2.00 bits per heavy atom. The first-order valence-corrected chi connectivity index (χ1v) is 5.17. The summed E-state index contributed by atoms with van der Waals surface area (Å²) in [4.78, 5) is 0. The van der Waals surface area contributed by atoms with Crippen molar-refractivity contribution < 1.29 is 4.74 Å². The Bertz CT molecular complexity index is 358. The molecule has 0 bridgehead atoms. The number of rotatable bonds is 0. The van der Waals surface area contributed by atoms with Crippen LogP contribution in [0, 0.1) is 20.8 Å². The molecule has 2 nitrogen and oxygen atoms in total. The van der Waals surface area contributed by atoms with Gasteiger partial charge in [-0.2, -0.15) is 0 Å². The second-order valence-electron chi connectivity index (χ2n) is 3.97. The van der Waals surface area contributed by atoms with Crippen LogP contribution in [0.2, 0.25) is 0 Å². The summed E-state index contributed by atoms with van der Waals surface area (Å²) >= 11 is 0. The predicted molar refractivity (Wildman–Crippen MR) is 59.3 cm³/mol. The van der Waals surface area contributed by atoms with E-state index in [1.54, 1.807) is 0 Å². The van der Waals surface area contributed by atoms with E-state index >= 15 is 0 Å². The van der Waals surface area contributed by atoms with Crippen LogP contribution in [0.25, 0.3) is 0 Å². The van der Waals surface area contributed by atoms with E-state index in [9.17, 15) is 0 Å². The lowest BCUT2D eigenvalue weighted by atomic mass is 10.0. The first-order valence-electron chi connectivity index (χ1n) is 5.17. The van der Waals surface area contributed by atoms with E-state index in [0.717, 1.165) is 25.3 Å². The summed E-state index contributed by atoms with van der Waals surface area (Å²) in [5, 5.41) is 3.45. The third kappa shape index (κ3) is 1.45. The second-order valence-corrected chi connectivity index (χ2v) is 3.97. The highest BCUT2D eigenvalue weighted by molar-refractivity contribution is 5.67. The maximum absolute atomic E-state index is 5.75. The molecule has 0 spiro atoms. The van der Waals surface area contributed by atoms with Crippen molar-refractivity contribution in [3.05, 3.63) is 22.8 Å². The Morgan fingerprint density at radius 3 is 2.79 bits per heavy atom. The van der Waals surface area contributed by atoms with Crippen LogP contribution in [0.3, 0.4) is 0 Å². The fourth-order valence-corrected chi connectivity index (χ4v) is 1.92. The monoisotopic (exact) mass is 191 g/mol. The molecule has 0 atom stereocenters. The number of anilines is 1. The Balaban J connectivity index is 2.57. The number of aryl methyl sites for hydroxylation is 2. The molecular weight excluding hydrogens is 174 g/mol. The minimum absolute atomic E-state index is 0.823. The van der Waals surface area contributed by atoms with Crippen LogP contribution in [0.4, 0.5) is 5.69 Å². The van der Waals surface area contributed by atoms with E-state index in [-0.39, 0.29) is 0 Å². The fraction of sp³-hybridized carbons (Fsp3) is 0.500. The van der Waals surface area contributed by atoms with Crippen LogP contribution in [0.15, 0.2) is 6.07 Å². The zero-order valence-corrected chi connectivity index (χ0v) is 9.11. The van der Waals surface area contributed by atoms with Crippen molar-refractivity contribution in [2.45, 2.75) is 27.2 Å². The van der Waals surface area contributed by atoms with Crippen molar-refractivity contribution in [1.29, 1.82) is 0 Å². The van der Waals surface area contributed by atoms with Crippen LogP contribution in [-0.4, -0.2) is 13.2 Å². The standard InChI is InChI=1S/C12H17NO/c1-8-7-9(2)12-11(10(8)3)13-5-4-6-14-12/h7,13H,4-6H2,1-3H3. The lowest BCUT2D eigenvalue weighted by Crippen LogP contribution is -2.02. The summed E-state index contributed by atoms with van der Waals surface area (Å²) in [6.45, 7) is 8.24. The van der Waals surface area contributed by atoms with E-state index in [1.807, 2.05) is 0 Å². The largest absolute Gasteiger partial charge is 0.491 e. The maximum Gasteiger partial charge on any atom is 0.145 e. The van der Waals surface area contributed by atoms with E-state index in [1.165, 1.54) is 22.4 Å². The number of hydrogen-bond donors (Lipinski definition) is 1. The van der Waals surface area contributed by atoms with Gasteiger partial charge in [0.1, 0.15) is 5.75 Å². The minimum Gasteiger partial charge on any atom is -0.491 e. The molecule has 1 N–H and O–H groups in total. The van der Waals surface area contributed by atoms with Gasteiger partial charge in [0, 0.05) is 6.54 Å². The molecular formula is C12H17NO. The van der Waals surface area contributed by atoms with Gasteiger partial charge >= 0.3 is 0 Å². The van der Waals surface area contributed by atoms with E-state index in [4.69, 9.17) is 4.74 Å². The van der Waals surface area contributed by atoms with Crippen LogP contribution in [0.5, 0.6) is 5.75 Å². The van der Waals surface area contributed by atoms with Crippen molar-refractivity contribution in [2.24, 2.45) is 0 Å². The molecule has 1 heterocycles. The molecule has 0 amide bonds. The van der Waals surface area contributed by atoms with Gasteiger partial charge in [0.05, 0.1) is 12.3 Å². The van der Waals surface area contributed by atoms with Gasteiger partial charge in [-0.1, -0.05) is 6.07 Å². The number of hydrogen-bond acceptors (Lipinski definition) is 2. The van der Waals surface area contributed by atoms with Crippen molar-refractivity contribution in [3.8, 4) is 5.75 Å². The van der Waals surface area contributed by atoms with Crippen LogP contribution in [0.1, 0.15) is 23.1 Å². The number of benzene rings is 1. The van der Waals surface area contributed by atoms with Gasteiger partial charge < -0.3 is 10.1 Å². The van der Waals surface area contributed by atoms with Gasteiger partial charge in [0.15, 0.2) is 0 Å². The van der Waals surface area contributed by atoms with Gasteiger partial charge in [-0.3, -0.25) is 0 Å². The summed E-state index contributed by atoms with van der Waals surface area (Å²) in [5.41, 5.74) is 5.07. The SMILES string of the molecule is Cc1cc(C)c2c(c1C)NCCCO2. The van der Waals surface area contributed by atoms with Gasteiger partial charge in [-0.25, -0.2) is 0 Å². The Hall–Kier alpha value is -1.18. The van der Waals surface area contributed by atoms with Gasteiger partial charge in [-0.15, -0.1) is 0 Å². The molecule has 1 aliphatic heterocycles. The minimum atomic E-state index is 0.823. The average Bonchev–Trinajstić information content (AvgIpc) is 2.39. The average molecular weight is 191 g/mol. The van der Waals surface area contributed by atoms with E-state index in [2.05, 4.69) is 32.2 Å². The molecule has 2 heteroatoms. The van der Waals surface area contributed by atoms with E-state index < -0.39 is 0 Å². The molecule has 14 heavy (non-hydrogen) atoms. The molecule has 76 valence electrons. The highest BCUT2D eigenvalue weighted by atomic mass is 16.5. The highest BCUT2D eigenvalue weighted by Crippen LogP contribution is 2.35. The van der Waals surface area contributed by atoms with Crippen LogP contribution in [-0.2, 0) is 0 Å². The molecule has 0 aromatic heterocycles. The van der Waals surface area contributed by atoms with Crippen molar-refractivity contribution >= 4 is 5.69 Å². The Labute approximate surface area is 85.3 Å². The quantitative estimate of drug-likeness (QED) is 0.681. The summed E-state index contributed by atoms with van der Waals surface area (Å²) in [5.74, 6) is 1.05. The van der Waals surface area contributed by atoms with Crippen LogP contribution < -0.4 is 10.1 Å². The molecule has 0 radical (unpaired) electrons. The maximum atomic E-state index is 5.75. The molecule has 2 rings (SSSR count). The first kappa shape index (κ1) is 9.38. The molecule has 0 saturated heterocycles. The lowest BCUT2D eigenvalue weighted by molar-refractivity contribution is 0.320. The smallest absolute Gasteiger partial charge is 0.145 e. The normalized spacial score (nSPS) is 15.1. The zero-order valence-electron chi connectivity index (χ0n) is 9.11. The first-order chi connectivity index (χ1) is 6.70. The van der Waals surface area contributed by atoms with Gasteiger partial charge in [0.25, 0.3) is 0 Å². The Kier molecular flexibility index (Phi) is 2.36. The summed E-state index contributed by atoms with van der Waals surface area (Å²) in [7, 11) is 0. The number of fused-ring (bicyclic) bond motifs is 1. The number of ether oxygens (including phenoxy) is 1. The predicted octanol–water partition coefficient (Wildman–Crippen LogP) is 2.81. The van der Waals surface area contributed by atoms with Crippen molar-refractivity contribution in [2.75, 3.05) is 18.5 Å². The molecule has 0 aliphatic carbocycles. The summed E-state index contributed by atoms with van der Waals surface area (Å²) < 4.78 is 5.75. The molecule has 0 fully saturated rings. The van der Waals surface area contributed by atoms with Crippen LogP contribution >= 0.6 is 0 Å². The molecule has 0 unspecified atom stereocenters. The zero-order chi connectivity index (χ0) is 10.1. The summed E-state index contributed by atoms with van der Waals surface area (Å²) in [6.07, 6.45) is 1.08. The summed E-state index contributed by atoms with van der Waals surface area (Å²) in [6, 6.07) is 2.20.